The highest BCUT2D eigenvalue weighted by molar-refractivity contribution is 5.78. The van der Waals surface area contributed by atoms with Crippen molar-refractivity contribution in [3.63, 3.8) is 0 Å². The topological polar surface area (TPSA) is 68.9 Å². The molecule has 0 radical (unpaired) electrons. The summed E-state index contributed by atoms with van der Waals surface area (Å²) in [7, 11) is 0. The molecule has 21 heavy (non-hydrogen) atoms. The van der Waals surface area contributed by atoms with Crippen LogP contribution >= 0.6 is 0 Å². The van der Waals surface area contributed by atoms with Gasteiger partial charge in [-0.3, -0.25) is 4.99 Å². The maximum absolute atomic E-state index is 5.93. The van der Waals surface area contributed by atoms with E-state index in [1.165, 1.54) is 0 Å². The Balaban J connectivity index is 1.80. The molecule has 3 N–H and O–H groups in total. The van der Waals surface area contributed by atoms with Crippen molar-refractivity contribution >= 4 is 5.96 Å². The van der Waals surface area contributed by atoms with Gasteiger partial charge in [0.15, 0.2) is 5.96 Å². The van der Waals surface area contributed by atoms with E-state index < -0.39 is 0 Å². The van der Waals surface area contributed by atoms with E-state index in [-0.39, 0.29) is 6.04 Å². The number of benzene rings is 1. The number of ether oxygens (including phenoxy) is 2. The Morgan fingerprint density at radius 3 is 3.19 bits per heavy atom. The van der Waals surface area contributed by atoms with E-state index in [9.17, 15) is 0 Å². The molecule has 0 amide bonds. The van der Waals surface area contributed by atoms with E-state index in [0.29, 0.717) is 32.3 Å². The van der Waals surface area contributed by atoms with Crippen LogP contribution in [0, 0.1) is 0 Å². The molecule has 0 aromatic heterocycles. The van der Waals surface area contributed by atoms with Crippen molar-refractivity contribution in [3.05, 3.63) is 42.5 Å². The second kappa shape index (κ2) is 8.32. The molecule has 114 valence electrons. The van der Waals surface area contributed by atoms with Crippen molar-refractivity contribution < 1.29 is 9.47 Å². The minimum absolute atomic E-state index is 0.153. The van der Waals surface area contributed by atoms with Gasteiger partial charge in [0.25, 0.3) is 0 Å². The van der Waals surface area contributed by atoms with Crippen LogP contribution in [-0.2, 0) is 4.74 Å². The second-order valence-corrected chi connectivity index (χ2v) is 4.83. The van der Waals surface area contributed by atoms with Gasteiger partial charge >= 0.3 is 0 Å². The van der Waals surface area contributed by atoms with E-state index in [2.05, 4.69) is 23.0 Å². The molecule has 0 saturated heterocycles. The van der Waals surface area contributed by atoms with Gasteiger partial charge in [0.2, 0.25) is 0 Å². The number of rotatable bonds is 7. The second-order valence-electron chi connectivity index (χ2n) is 4.83. The van der Waals surface area contributed by atoms with Gasteiger partial charge in [-0.25, -0.2) is 0 Å². The summed E-state index contributed by atoms with van der Waals surface area (Å²) in [5, 5.41) is 3.25. The van der Waals surface area contributed by atoms with Crippen LogP contribution in [0.15, 0.2) is 41.9 Å². The zero-order valence-electron chi connectivity index (χ0n) is 12.3. The summed E-state index contributed by atoms with van der Waals surface area (Å²) in [5.41, 5.74) is 7.06. The quantitative estimate of drug-likeness (QED) is 0.349. The molecule has 1 aliphatic rings. The molecule has 2 rings (SSSR count). The fraction of sp³-hybridized carbons (Fsp3) is 0.438. The molecule has 0 saturated carbocycles. The Morgan fingerprint density at radius 2 is 2.33 bits per heavy atom. The van der Waals surface area contributed by atoms with Gasteiger partial charge in [0.1, 0.15) is 5.75 Å². The molecule has 1 heterocycles. The smallest absolute Gasteiger partial charge is 0.189 e. The van der Waals surface area contributed by atoms with Crippen LogP contribution in [0.2, 0.25) is 0 Å². The molecule has 5 heteroatoms. The fourth-order valence-electron chi connectivity index (χ4n) is 2.22. The van der Waals surface area contributed by atoms with E-state index >= 15 is 0 Å². The summed E-state index contributed by atoms with van der Waals surface area (Å²) >= 11 is 0. The van der Waals surface area contributed by atoms with Crippen molar-refractivity contribution in [2.45, 2.75) is 18.9 Å². The summed E-state index contributed by atoms with van der Waals surface area (Å²) in [4.78, 5) is 4.28. The van der Waals surface area contributed by atoms with Crippen LogP contribution < -0.4 is 15.8 Å². The Morgan fingerprint density at radius 1 is 1.48 bits per heavy atom. The van der Waals surface area contributed by atoms with Crippen molar-refractivity contribution in [2.24, 2.45) is 10.7 Å². The lowest BCUT2D eigenvalue weighted by Crippen LogP contribution is -2.37. The molecule has 0 bridgehead atoms. The molecule has 5 nitrogen and oxygen atoms in total. The number of nitrogens with two attached hydrogens (primary N) is 1. The first-order valence-corrected chi connectivity index (χ1v) is 7.28. The van der Waals surface area contributed by atoms with Gasteiger partial charge in [-0.1, -0.05) is 24.3 Å². The summed E-state index contributed by atoms with van der Waals surface area (Å²) in [6.45, 7) is 6.14. The summed E-state index contributed by atoms with van der Waals surface area (Å²) in [6, 6.07) is 8.16. The fourth-order valence-corrected chi connectivity index (χ4v) is 2.22. The third-order valence-electron chi connectivity index (χ3n) is 3.26. The number of fused-ring (bicyclic) bond motifs is 1. The maximum atomic E-state index is 5.93. The average Bonchev–Trinajstić information content (AvgIpc) is 2.51. The maximum Gasteiger partial charge on any atom is 0.189 e. The Labute approximate surface area is 125 Å². The van der Waals surface area contributed by atoms with Crippen LogP contribution in [0.4, 0.5) is 0 Å². The summed E-state index contributed by atoms with van der Waals surface area (Å²) in [6.07, 6.45) is 3.57. The highest BCUT2D eigenvalue weighted by atomic mass is 16.5. The van der Waals surface area contributed by atoms with Gasteiger partial charge in [0.05, 0.1) is 32.4 Å². The first-order chi connectivity index (χ1) is 10.3. The highest BCUT2D eigenvalue weighted by Crippen LogP contribution is 2.31. The predicted molar refractivity (Wildman–Crippen MR) is 84.6 cm³/mol. The van der Waals surface area contributed by atoms with E-state index in [4.69, 9.17) is 15.2 Å². The van der Waals surface area contributed by atoms with Crippen LogP contribution in [0.3, 0.4) is 0 Å². The van der Waals surface area contributed by atoms with Crippen LogP contribution in [0.1, 0.15) is 24.4 Å². The zero-order valence-corrected chi connectivity index (χ0v) is 12.3. The number of aliphatic imine (C=N–C) groups is 1. The van der Waals surface area contributed by atoms with Gasteiger partial charge in [0, 0.05) is 12.0 Å². The Hall–Kier alpha value is -2.01. The molecule has 0 spiro atoms. The van der Waals surface area contributed by atoms with Gasteiger partial charge < -0.3 is 20.5 Å². The zero-order chi connectivity index (χ0) is 14.9. The molecule has 0 aliphatic carbocycles. The molecule has 1 aliphatic heterocycles. The molecule has 1 aromatic carbocycles. The van der Waals surface area contributed by atoms with Crippen molar-refractivity contribution in [1.82, 2.24) is 5.32 Å². The monoisotopic (exact) mass is 289 g/mol. The van der Waals surface area contributed by atoms with Crippen molar-refractivity contribution in [3.8, 4) is 5.75 Å². The van der Waals surface area contributed by atoms with E-state index in [0.717, 1.165) is 24.2 Å². The number of nitrogens with one attached hydrogen (secondary N) is 1. The van der Waals surface area contributed by atoms with Gasteiger partial charge in [-0.2, -0.15) is 0 Å². The number of hydrogen-bond donors (Lipinski definition) is 2. The van der Waals surface area contributed by atoms with E-state index in [1.54, 1.807) is 0 Å². The Bertz CT molecular complexity index is 488. The molecule has 1 atom stereocenters. The minimum atomic E-state index is 0.153. The van der Waals surface area contributed by atoms with Crippen LogP contribution in [-0.4, -0.2) is 32.3 Å². The number of hydrogen-bond acceptors (Lipinski definition) is 3. The molecule has 1 unspecified atom stereocenters. The lowest BCUT2D eigenvalue weighted by Gasteiger charge is -2.26. The number of guanidine groups is 1. The van der Waals surface area contributed by atoms with Gasteiger partial charge in [-0.15, -0.1) is 6.58 Å². The lowest BCUT2D eigenvalue weighted by molar-refractivity contribution is 0.146. The third kappa shape index (κ3) is 4.79. The summed E-state index contributed by atoms with van der Waals surface area (Å²) < 4.78 is 11.0. The first kappa shape index (κ1) is 15.4. The predicted octanol–water partition coefficient (Wildman–Crippen LogP) is 2.01. The normalized spacial score (nSPS) is 17.7. The Kier molecular flexibility index (Phi) is 6.09. The number of nitrogens with zero attached hydrogens (tertiary/aromatic N) is 1. The third-order valence-corrected chi connectivity index (χ3v) is 3.26. The largest absolute Gasteiger partial charge is 0.493 e. The lowest BCUT2D eigenvalue weighted by atomic mass is 10.0. The van der Waals surface area contributed by atoms with Crippen molar-refractivity contribution in [2.75, 3.05) is 26.4 Å². The first-order valence-electron chi connectivity index (χ1n) is 7.28. The number of para-hydroxylation sites is 1. The molecule has 0 fully saturated rings. The van der Waals surface area contributed by atoms with Crippen LogP contribution in [0.25, 0.3) is 0 Å². The highest BCUT2D eigenvalue weighted by Gasteiger charge is 2.20. The molecular weight excluding hydrogens is 266 g/mol. The average molecular weight is 289 g/mol. The van der Waals surface area contributed by atoms with Crippen LogP contribution in [0.5, 0.6) is 5.75 Å². The van der Waals surface area contributed by atoms with E-state index in [1.807, 2.05) is 24.3 Å². The molecule has 1 aromatic rings. The standard InChI is InChI=1S/C16H23N3O2/c1-2-3-10-20-12-9-18-16(17)19-14-8-11-21-15-7-5-4-6-13(14)15/h2,4-7,14H,1,3,8-12H2,(H3,17,18,19). The minimum Gasteiger partial charge on any atom is -0.493 e. The molecular formula is C16H23N3O2. The van der Waals surface area contributed by atoms with Crippen molar-refractivity contribution in [1.29, 1.82) is 0 Å². The summed E-state index contributed by atoms with van der Waals surface area (Å²) in [5.74, 6) is 1.37. The SMILES string of the molecule is C=CCCOCCN=C(N)NC1CCOc2ccccc21. The van der Waals surface area contributed by atoms with Gasteiger partial charge in [-0.05, 0) is 12.5 Å².